The average molecular weight is 330 g/mol. The molecule has 2 rings (SSSR count). The van der Waals surface area contributed by atoms with E-state index in [9.17, 15) is 22.8 Å². The maximum atomic E-state index is 12.6. The summed E-state index contributed by atoms with van der Waals surface area (Å²) in [5.74, 6) is -0.519. The Balaban J connectivity index is 2.05. The molecule has 0 atom stereocenters. The Labute approximate surface area is 128 Å². The maximum Gasteiger partial charge on any atom is 0.417 e. The lowest BCUT2D eigenvalue weighted by Gasteiger charge is -2.11. The smallest absolute Gasteiger partial charge is 0.350 e. The SMILES string of the molecule is Cc1ccsc1CNC(=O)Cn1cc(C(F)(F)F)ccc1=O. The van der Waals surface area contributed by atoms with Gasteiger partial charge in [-0.1, -0.05) is 0 Å². The lowest BCUT2D eigenvalue weighted by molar-refractivity contribution is -0.138. The van der Waals surface area contributed by atoms with E-state index in [1.54, 1.807) is 0 Å². The fourth-order valence-corrected chi connectivity index (χ4v) is 2.64. The van der Waals surface area contributed by atoms with Crippen LogP contribution in [0.15, 0.2) is 34.6 Å². The third-order valence-corrected chi connectivity index (χ3v) is 4.06. The molecule has 22 heavy (non-hydrogen) atoms. The number of aromatic nitrogens is 1. The van der Waals surface area contributed by atoms with Gasteiger partial charge >= 0.3 is 6.18 Å². The fourth-order valence-electron chi connectivity index (χ4n) is 1.80. The summed E-state index contributed by atoms with van der Waals surface area (Å²) in [7, 11) is 0. The number of hydrogen-bond donors (Lipinski definition) is 1. The molecular formula is C14H13F3N2O2S. The number of hydrogen-bond acceptors (Lipinski definition) is 3. The predicted molar refractivity (Wildman–Crippen MR) is 76.6 cm³/mol. The van der Waals surface area contributed by atoms with Crippen LogP contribution < -0.4 is 10.9 Å². The molecule has 0 spiro atoms. The minimum absolute atomic E-state index is 0.288. The molecule has 0 aliphatic carbocycles. The van der Waals surface area contributed by atoms with E-state index in [1.165, 1.54) is 11.3 Å². The quantitative estimate of drug-likeness (QED) is 0.937. The van der Waals surface area contributed by atoms with Gasteiger partial charge in [0.1, 0.15) is 6.54 Å². The zero-order valence-corrected chi connectivity index (χ0v) is 12.4. The zero-order valence-electron chi connectivity index (χ0n) is 11.6. The number of pyridine rings is 1. The third-order valence-electron chi connectivity index (χ3n) is 3.04. The van der Waals surface area contributed by atoms with Crippen molar-refractivity contribution < 1.29 is 18.0 Å². The number of thiophene rings is 1. The summed E-state index contributed by atoms with van der Waals surface area (Å²) in [5, 5.41) is 4.47. The molecule has 4 nitrogen and oxygen atoms in total. The molecular weight excluding hydrogens is 317 g/mol. The highest BCUT2D eigenvalue weighted by atomic mass is 32.1. The van der Waals surface area contributed by atoms with Crippen LogP contribution >= 0.6 is 11.3 Å². The van der Waals surface area contributed by atoms with E-state index in [0.29, 0.717) is 12.3 Å². The molecule has 1 N–H and O–H groups in total. The summed E-state index contributed by atoms with van der Waals surface area (Å²) in [6.07, 6.45) is -3.90. The second kappa shape index (κ2) is 6.35. The summed E-state index contributed by atoms with van der Waals surface area (Å²) in [4.78, 5) is 24.3. The van der Waals surface area contributed by atoms with Gasteiger partial charge < -0.3 is 9.88 Å². The molecule has 0 saturated carbocycles. The minimum atomic E-state index is -4.56. The first-order valence-electron chi connectivity index (χ1n) is 6.35. The van der Waals surface area contributed by atoms with Gasteiger partial charge in [-0.2, -0.15) is 13.2 Å². The van der Waals surface area contributed by atoms with Crippen molar-refractivity contribution in [1.29, 1.82) is 0 Å². The van der Waals surface area contributed by atoms with Crippen molar-refractivity contribution in [2.24, 2.45) is 0 Å². The summed E-state index contributed by atoms with van der Waals surface area (Å²) in [5.41, 5.74) is -0.592. The molecule has 0 aliphatic rings. The number of carbonyl (C=O) groups is 1. The molecule has 0 aromatic carbocycles. The van der Waals surface area contributed by atoms with Crippen molar-refractivity contribution in [2.45, 2.75) is 26.2 Å². The Morgan fingerprint density at radius 3 is 2.64 bits per heavy atom. The van der Waals surface area contributed by atoms with Crippen LogP contribution in [0.2, 0.25) is 0 Å². The van der Waals surface area contributed by atoms with E-state index >= 15 is 0 Å². The lowest BCUT2D eigenvalue weighted by atomic mass is 10.2. The number of carbonyl (C=O) groups excluding carboxylic acids is 1. The molecule has 2 heterocycles. The van der Waals surface area contributed by atoms with Crippen LogP contribution in [0.3, 0.4) is 0 Å². The molecule has 8 heteroatoms. The molecule has 0 fully saturated rings. The third kappa shape index (κ3) is 3.97. The summed E-state index contributed by atoms with van der Waals surface area (Å²) < 4.78 is 38.6. The second-order valence-electron chi connectivity index (χ2n) is 4.69. The number of halogens is 3. The van der Waals surface area contributed by atoms with Crippen molar-refractivity contribution >= 4 is 17.2 Å². The molecule has 0 radical (unpaired) electrons. The van der Waals surface area contributed by atoms with E-state index in [0.717, 1.165) is 21.1 Å². The van der Waals surface area contributed by atoms with Gasteiger partial charge in [0.2, 0.25) is 5.91 Å². The molecule has 2 aromatic heterocycles. The van der Waals surface area contributed by atoms with Crippen LogP contribution in [0.25, 0.3) is 0 Å². The average Bonchev–Trinajstić information content (AvgIpc) is 2.83. The van der Waals surface area contributed by atoms with E-state index in [1.807, 2.05) is 18.4 Å². The van der Waals surface area contributed by atoms with E-state index in [2.05, 4.69) is 5.32 Å². The standard InChI is InChI=1S/C14H13F3N2O2S/c1-9-4-5-22-11(9)6-18-12(20)8-19-7-10(14(15,16)17)2-3-13(19)21/h2-5,7H,6,8H2,1H3,(H,18,20). The van der Waals surface area contributed by atoms with Gasteiger partial charge in [-0.25, -0.2) is 0 Å². The first kappa shape index (κ1) is 16.3. The Hall–Kier alpha value is -2.09. The Morgan fingerprint density at radius 1 is 1.32 bits per heavy atom. The zero-order chi connectivity index (χ0) is 16.3. The van der Waals surface area contributed by atoms with Gasteiger partial charge in [-0.05, 0) is 30.0 Å². The van der Waals surface area contributed by atoms with Crippen LogP contribution in [0.1, 0.15) is 16.0 Å². The molecule has 0 unspecified atom stereocenters. The van der Waals surface area contributed by atoms with Gasteiger partial charge in [0.05, 0.1) is 12.1 Å². The normalized spacial score (nSPS) is 11.5. The van der Waals surface area contributed by atoms with Gasteiger partial charge in [-0.3, -0.25) is 9.59 Å². The van der Waals surface area contributed by atoms with Gasteiger partial charge in [0.25, 0.3) is 5.56 Å². The summed E-state index contributed by atoms with van der Waals surface area (Å²) >= 11 is 1.47. The topological polar surface area (TPSA) is 51.1 Å². The Kier molecular flexibility index (Phi) is 4.70. The minimum Gasteiger partial charge on any atom is -0.350 e. The first-order valence-corrected chi connectivity index (χ1v) is 7.22. The van der Waals surface area contributed by atoms with Crippen molar-refractivity contribution in [3.63, 3.8) is 0 Å². The summed E-state index contributed by atoms with van der Waals surface area (Å²) in [6, 6.07) is 3.41. The Bertz CT molecular complexity index is 734. The van der Waals surface area contributed by atoms with Crippen molar-refractivity contribution in [3.05, 3.63) is 56.1 Å². The Morgan fingerprint density at radius 2 is 2.05 bits per heavy atom. The van der Waals surface area contributed by atoms with Crippen LogP contribution in [-0.2, 0) is 24.1 Å². The molecule has 2 aromatic rings. The number of alkyl halides is 3. The van der Waals surface area contributed by atoms with Crippen molar-refractivity contribution in [3.8, 4) is 0 Å². The molecule has 0 bridgehead atoms. The van der Waals surface area contributed by atoms with E-state index in [-0.39, 0.29) is 6.54 Å². The molecule has 1 amide bonds. The molecule has 0 aliphatic heterocycles. The van der Waals surface area contributed by atoms with Crippen LogP contribution in [0, 0.1) is 6.92 Å². The monoisotopic (exact) mass is 330 g/mol. The molecule has 118 valence electrons. The van der Waals surface area contributed by atoms with Gasteiger partial charge in [-0.15, -0.1) is 11.3 Å². The van der Waals surface area contributed by atoms with Crippen LogP contribution in [-0.4, -0.2) is 10.5 Å². The van der Waals surface area contributed by atoms with Crippen molar-refractivity contribution in [2.75, 3.05) is 0 Å². The molecule has 0 saturated heterocycles. The fraction of sp³-hybridized carbons (Fsp3) is 0.286. The lowest BCUT2D eigenvalue weighted by Crippen LogP contribution is -2.32. The second-order valence-corrected chi connectivity index (χ2v) is 5.69. The number of aryl methyl sites for hydroxylation is 1. The summed E-state index contributed by atoms with van der Waals surface area (Å²) in [6.45, 7) is 1.73. The van der Waals surface area contributed by atoms with Gasteiger partial charge in [0.15, 0.2) is 0 Å². The van der Waals surface area contributed by atoms with E-state index < -0.39 is 29.8 Å². The van der Waals surface area contributed by atoms with E-state index in [4.69, 9.17) is 0 Å². The van der Waals surface area contributed by atoms with Crippen LogP contribution in [0.5, 0.6) is 0 Å². The highest BCUT2D eigenvalue weighted by molar-refractivity contribution is 7.10. The largest absolute Gasteiger partial charge is 0.417 e. The highest BCUT2D eigenvalue weighted by Gasteiger charge is 2.31. The maximum absolute atomic E-state index is 12.6. The number of rotatable bonds is 4. The van der Waals surface area contributed by atoms with Gasteiger partial charge in [0, 0.05) is 17.1 Å². The van der Waals surface area contributed by atoms with Crippen molar-refractivity contribution in [1.82, 2.24) is 9.88 Å². The number of nitrogens with one attached hydrogen (secondary N) is 1. The number of amides is 1. The van der Waals surface area contributed by atoms with Crippen LogP contribution in [0.4, 0.5) is 13.2 Å². The highest BCUT2D eigenvalue weighted by Crippen LogP contribution is 2.27. The predicted octanol–water partition coefficient (Wildman–Crippen LogP) is 2.55. The number of nitrogens with zero attached hydrogens (tertiary/aromatic N) is 1. The first-order chi connectivity index (χ1) is 10.3.